The van der Waals surface area contributed by atoms with Crippen molar-refractivity contribution in [1.82, 2.24) is 9.88 Å². The summed E-state index contributed by atoms with van der Waals surface area (Å²) in [7, 11) is 0. The van der Waals surface area contributed by atoms with Crippen molar-refractivity contribution in [3.8, 4) is 5.75 Å². The number of hydrogen-bond donors (Lipinski definition) is 0. The molecule has 2 aromatic carbocycles. The first-order chi connectivity index (χ1) is 13.6. The number of fused-ring (bicyclic) bond motifs is 1. The molecule has 4 rings (SSSR count). The number of pyridine rings is 1. The molecular formula is C23H21FN2O2. The third-order valence-corrected chi connectivity index (χ3v) is 4.99. The highest BCUT2D eigenvalue weighted by atomic mass is 19.1. The maximum Gasteiger partial charge on any atom is 0.264 e. The van der Waals surface area contributed by atoms with Crippen LogP contribution in [-0.2, 0) is 24.3 Å². The number of ether oxygens (including phenoxy) is 1. The Bertz CT molecular complexity index is 991. The molecule has 0 aliphatic carbocycles. The van der Waals surface area contributed by atoms with Gasteiger partial charge in [0.15, 0.2) is 6.10 Å². The Kier molecular flexibility index (Phi) is 5.06. The second-order valence-corrected chi connectivity index (χ2v) is 7.00. The standard InChI is InChI=1S/C23H21FN2O2/c1-16-6-2-3-7-17(16)14-26(15-20-8-4-5-11-25-20)23(27)22-13-18-12-19(24)9-10-21(18)28-22/h2-12,22H,13-15H2,1H3. The summed E-state index contributed by atoms with van der Waals surface area (Å²) in [5.41, 5.74) is 3.74. The van der Waals surface area contributed by atoms with Crippen molar-refractivity contribution >= 4 is 5.91 Å². The van der Waals surface area contributed by atoms with Crippen molar-refractivity contribution in [2.45, 2.75) is 32.5 Å². The van der Waals surface area contributed by atoms with Gasteiger partial charge in [0.25, 0.3) is 5.91 Å². The Balaban J connectivity index is 1.58. The highest BCUT2D eigenvalue weighted by Gasteiger charge is 2.33. The van der Waals surface area contributed by atoms with E-state index in [1.807, 2.05) is 49.4 Å². The van der Waals surface area contributed by atoms with Gasteiger partial charge in [-0.2, -0.15) is 0 Å². The van der Waals surface area contributed by atoms with E-state index in [4.69, 9.17) is 4.74 Å². The number of carbonyl (C=O) groups is 1. The van der Waals surface area contributed by atoms with Gasteiger partial charge in [0.2, 0.25) is 0 Å². The summed E-state index contributed by atoms with van der Waals surface area (Å²) in [6.45, 7) is 2.88. The predicted molar refractivity (Wildman–Crippen MR) is 104 cm³/mol. The molecule has 1 aromatic heterocycles. The van der Waals surface area contributed by atoms with Crippen LogP contribution in [0.4, 0.5) is 4.39 Å². The third kappa shape index (κ3) is 3.88. The first kappa shape index (κ1) is 18.2. The summed E-state index contributed by atoms with van der Waals surface area (Å²) in [5, 5.41) is 0. The summed E-state index contributed by atoms with van der Waals surface area (Å²) in [4.78, 5) is 19.4. The minimum absolute atomic E-state index is 0.120. The molecule has 2 heterocycles. The maximum absolute atomic E-state index is 13.5. The SMILES string of the molecule is Cc1ccccc1CN(Cc1ccccn1)C(=O)C1Cc2cc(F)ccc2O1. The summed E-state index contributed by atoms with van der Waals surface area (Å²) in [6.07, 6.45) is 1.44. The summed E-state index contributed by atoms with van der Waals surface area (Å²) in [6, 6.07) is 18.0. The topological polar surface area (TPSA) is 42.4 Å². The molecule has 28 heavy (non-hydrogen) atoms. The summed E-state index contributed by atoms with van der Waals surface area (Å²) in [5.74, 6) is 0.139. The number of benzene rings is 2. The highest BCUT2D eigenvalue weighted by molar-refractivity contribution is 5.82. The number of aromatic nitrogens is 1. The van der Waals surface area contributed by atoms with Gasteiger partial charge in [-0.15, -0.1) is 0 Å². The van der Waals surface area contributed by atoms with Gasteiger partial charge in [0.1, 0.15) is 11.6 Å². The molecule has 0 bridgehead atoms. The number of rotatable bonds is 5. The van der Waals surface area contributed by atoms with Crippen molar-refractivity contribution in [2.24, 2.45) is 0 Å². The van der Waals surface area contributed by atoms with E-state index in [9.17, 15) is 9.18 Å². The zero-order valence-electron chi connectivity index (χ0n) is 15.6. The summed E-state index contributed by atoms with van der Waals surface area (Å²) < 4.78 is 19.3. The van der Waals surface area contributed by atoms with Gasteiger partial charge in [-0.3, -0.25) is 9.78 Å². The fourth-order valence-electron chi connectivity index (χ4n) is 3.45. The highest BCUT2D eigenvalue weighted by Crippen LogP contribution is 2.30. The predicted octanol–water partition coefficient (Wildman–Crippen LogP) is 4.06. The number of amides is 1. The number of hydrogen-bond acceptors (Lipinski definition) is 3. The van der Waals surface area contributed by atoms with Crippen LogP contribution in [0.15, 0.2) is 66.9 Å². The fourth-order valence-corrected chi connectivity index (χ4v) is 3.45. The lowest BCUT2D eigenvalue weighted by atomic mass is 10.1. The van der Waals surface area contributed by atoms with Crippen LogP contribution in [-0.4, -0.2) is 21.9 Å². The lowest BCUT2D eigenvalue weighted by Gasteiger charge is -2.26. The molecule has 4 nitrogen and oxygen atoms in total. The van der Waals surface area contributed by atoms with Crippen molar-refractivity contribution in [2.75, 3.05) is 0 Å². The maximum atomic E-state index is 13.5. The van der Waals surface area contributed by atoms with Crippen LogP contribution in [0.25, 0.3) is 0 Å². The molecule has 0 saturated heterocycles. The van der Waals surface area contributed by atoms with Gasteiger partial charge in [-0.1, -0.05) is 30.3 Å². The van der Waals surface area contributed by atoms with Crippen LogP contribution in [0.3, 0.4) is 0 Å². The summed E-state index contributed by atoms with van der Waals surface area (Å²) >= 11 is 0. The van der Waals surface area contributed by atoms with Gasteiger partial charge in [-0.05, 0) is 48.4 Å². The molecule has 1 unspecified atom stereocenters. The van der Waals surface area contributed by atoms with Crippen molar-refractivity contribution < 1.29 is 13.9 Å². The Morgan fingerprint density at radius 1 is 1.14 bits per heavy atom. The van der Waals surface area contributed by atoms with E-state index in [0.717, 1.165) is 22.4 Å². The molecule has 0 radical (unpaired) electrons. The molecule has 3 aromatic rings. The van der Waals surface area contributed by atoms with Crippen LogP contribution < -0.4 is 4.74 Å². The smallest absolute Gasteiger partial charge is 0.264 e. The monoisotopic (exact) mass is 376 g/mol. The molecule has 0 N–H and O–H groups in total. The lowest BCUT2D eigenvalue weighted by molar-refractivity contribution is -0.139. The number of nitrogens with zero attached hydrogens (tertiary/aromatic N) is 2. The molecule has 0 spiro atoms. The van der Waals surface area contributed by atoms with Crippen LogP contribution >= 0.6 is 0 Å². The van der Waals surface area contributed by atoms with Gasteiger partial charge in [0, 0.05) is 24.7 Å². The molecule has 142 valence electrons. The minimum Gasteiger partial charge on any atom is -0.480 e. The average molecular weight is 376 g/mol. The first-order valence-electron chi connectivity index (χ1n) is 9.28. The molecule has 0 saturated carbocycles. The van der Waals surface area contributed by atoms with E-state index in [1.54, 1.807) is 17.2 Å². The third-order valence-electron chi connectivity index (χ3n) is 4.99. The lowest BCUT2D eigenvalue weighted by Crippen LogP contribution is -2.40. The van der Waals surface area contributed by atoms with E-state index in [1.165, 1.54) is 12.1 Å². The van der Waals surface area contributed by atoms with E-state index >= 15 is 0 Å². The largest absolute Gasteiger partial charge is 0.480 e. The van der Waals surface area contributed by atoms with E-state index in [0.29, 0.717) is 25.3 Å². The van der Waals surface area contributed by atoms with Gasteiger partial charge >= 0.3 is 0 Å². The Morgan fingerprint density at radius 2 is 1.96 bits per heavy atom. The van der Waals surface area contributed by atoms with Gasteiger partial charge < -0.3 is 9.64 Å². The molecule has 5 heteroatoms. The fraction of sp³-hybridized carbons (Fsp3) is 0.217. The molecule has 1 atom stereocenters. The van der Waals surface area contributed by atoms with E-state index < -0.39 is 6.10 Å². The normalized spacial score (nSPS) is 15.0. The van der Waals surface area contributed by atoms with Crippen molar-refractivity contribution in [3.05, 3.63) is 95.1 Å². The van der Waals surface area contributed by atoms with E-state index in [-0.39, 0.29) is 11.7 Å². The molecule has 1 aliphatic heterocycles. The van der Waals surface area contributed by atoms with Crippen LogP contribution in [0, 0.1) is 12.7 Å². The second-order valence-electron chi connectivity index (χ2n) is 7.00. The molecule has 1 aliphatic rings. The Labute approximate surface area is 163 Å². The van der Waals surface area contributed by atoms with Crippen LogP contribution in [0.1, 0.15) is 22.4 Å². The zero-order valence-corrected chi connectivity index (χ0v) is 15.6. The number of carbonyl (C=O) groups excluding carboxylic acids is 1. The molecular weight excluding hydrogens is 355 g/mol. The molecule has 0 fully saturated rings. The van der Waals surface area contributed by atoms with Crippen molar-refractivity contribution in [1.29, 1.82) is 0 Å². The number of halogens is 1. The Morgan fingerprint density at radius 3 is 2.75 bits per heavy atom. The van der Waals surface area contributed by atoms with Gasteiger partial charge in [-0.25, -0.2) is 4.39 Å². The minimum atomic E-state index is -0.649. The van der Waals surface area contributed by atoms with E-state index in [2.05, 4.69) is 4.98 Å². The second kappa shape index (κ2) is 7.80. The Hall–Kier alpha value is -3.21. The van der Waals surface area contributed by atoms with Crippen molar-refractivity contribution in [3.63, 3.8) is 0 Å². The first-order valence-corrected chi connectivity index (χ1v) is 9.28. The average Bonchev–Trinajstić information content (AvgIpc) is 3.12. The zero-order chi connectivity index (χ0) is 19.5. The van der Waals surface area contributed by atoms with Crippen LogP contribution in [0.5, 0.6) is 5.75 Å². The molecule has 1 amide bonds. The number of aryl methyl sites for hydroxylation is 1. The quantitative estimate of drug-likeness (QED) is 0.674. The van der Waals surface area contributed by atoms with Gasteiger partial charge in [0.05, 0.1) is 12.2 Å². The van der Waals surface area contributed by atoms with Crippen LogP contribution in [0.2, 0.25) is 0 Å².